The van der Waals surface area contributed by atoms with Crippen LogP contribution in [-0.2, 0) is 4.79 Å². The number of pyridine rings is 1. The minimum absolute atomic E-state index is 0.0573. The maximum atomic E-state index is 11.8. The number of rotatable bonds is 6. The first-order valence-electron chi connectivity index (χ1n) is 6.58. The first kappa shape index (κ1) is 15.4. The fraction of sp³-hybridized carbons (Fsp3) is 0.214. The maximum absolute atomic E-state index is 11.8. The molecular weight excluding hydrogens is 286 g/mol. The van der Waals surface area contributed by atoms with Gasteiger partial charge in [0, 0.05) is 25.9 Å². The highest BCUT2D eigenvalue weighted by Crippen LogP contribution is 2.15. The predicted octanol–water partition coefficient (Wildman–Crippen LogP) is 0.785. The summed E-state index contributed by atoms with van der Waals surface area (Å²) in [4.78, 5) is 34.9. The quantitative estimate of drug-likeness (QED) is 0.721. The van der Waals surface area contributed by atoms with Crippen molar-refractivity contribution < 1.29 is 14.7 Å². The van der Waals surface area contributed by atoms with Crippen molar-refractivity contribution in [1.29, 1.82) is 0 Å². The number of carbonyl (C=O) groups is 2. The van der Waals surface area contributed by atoms with Crippen molar-refractivity contribution in [2.75, 3.05) is 18.9 Å². The van der Waals surface area contributed by atoms with Gasteiger partial charge in [-0.05, 0) is 12.1 Å². The second-order valence-electron chi connectivity index (χ2n) is 4.33. The van der Waals surface area contributed by atoms with E-state index in [2.05, 4.69) is 25.6 Å². The highest BCUT2D eigenvalue weighted by molar-refractivity contribution is 5.93. The molecule has 0 atom stereocenters. The standard InChI is InChI=1S/C14H15N5O3/c1-15-14(22)10-8-11(17-7-5-12(20)21)19-13(18-10)9-4-2-3-6-16-9/h2-4,6,8H,5,7H2,1H3,(H,15,22)(H,20,21)(H,17,18,19). The van der Waals surface area contributed by atoms with Gasteiger partial charge in [-0.3, -0.25) is 14.6 Å². The van der Waals surface area contributed by atoms with E-state index in [9.17, 15) is 9.59 Å². The minimum Gasteiger partial charge on any atom is -0.481 e. The summed E-state index contributed by atoms with van der Waals surface area (Å²) in [5, 5.41) is 14.0. The molecule has 8 heteroatoms. The third-order valence-corrected chi connectivity index (χ3v) is 2.72. The van der Waals surface area contributed by atoms with Crippen LogP contribution >= 0.6 is 0 Å². The van der Waals surface area contributed by atoms with E-state index in [1.54, 1.807) is 24.4 Å². The summed E-state index contributed by atoms with van der Waals surface area (Å²) >= 11 is 0. The van der Waals surface area contributed by atoms with Crippen molar-refractivity contribution in [2.24, 2.45) is 0 Å². The van der Waals surface area contributed by atoms with Gasteiger partial charge in [0.15, 0.2) is 5.82 Å². The van der Waals surface area contributed by atoms with Crippen LogP contribution in [0.3, 0.4) is 0 Å². The third-order valence-electron chi connectivity index (χ3n) is 2.72. The van der Waals surface area contributed by atoms with Gasteiger partial charge in [-0.15, -0.1) is 0 Å². The normalized spacial score (nSPS) is 10.0. The molecule has 0 spiro atoms. The Morgan fingerprint density at radius 3 is 2.73 bits per heavy atom. The molecule has 0 saturated heterocycles. The van der Waals surface area contributed by atoms with Crippen LogP contribution in [0.25, 0.3) is 11.5 Å². The number of carboxylic acids is 1. The molecule has 22 heavy (non-hydrogen) atoms. The van der Waals surface area contributed by atoms with E-state index in [0.717, 1.165) is 0 Å². The average Bonchev–Trinajstić information content (AvgIpc) is 2.54. The Morgan fingerprint density at radius 1 is 1.27 bits per heavy atom. The molecule has 2 aromatic heterocycles. The van der Waals surface area contributed by atoms with Crippen LogP contribution in [0.15, 0.2) is 30.5 Å². The SMILES string of the molecule is CNC(=O)c1cc(NCCC(=O)O)nc(-c2ccccn2)n1. The van der Waals surface area contributed by atoms with E-state index in [-0.39, 0.29) is 24.6 Å². The molecule has 114 valence electrons. The third kappa shape index (κ3) is 3.98. The van der Waals surface area contributed by atoms with Gasteiger partial charge < -0.3 is 15.7 Å². The van der Waals surface area contributed by atoms with Gasteiger partial charge in [-0.1, -0.05) is 6.07 Å². The summed E-state index contributed by atoms with van der Waals surface area (Å²) in [5.41, 5.74) is 0.700. The molecule has 8 nitrogen and oxygen atoms in total. The van der Waals surface area contributed by atoms with E-state index in [0.29, 0.717) is 17.3 Å². The van der Waals surface area contributed by atoms with Crippen LogP contribution in [0.5, 0.6) is 0 Å². The van der Waals surface area contributed by atoms with Gasteiger partial charge >= 0.3 is 5.97 Å². The van der Waals surface area contributed by atoms with Crippen LogP contribution in [0, 0.1) is 0 Å². The van der Waals surface area contributed by atoms with E-state index in [1.807, 2.05) is 0 Å². The molecule has 0 aliphatic heterocycles. The number of nitrogens with one attached hydrogen (secondary N) is 2. The second kappa shape index (κ2) is 7.11. The Bertz CT molecular complexity index is 675. The molecule has 1 amide bonds. The van der Waals surface area contributed by atoms with Crippen molar-refractivity contribution in [3.05, 3.63) is 36.2 Å². The van der Waals surface area contributed by atoms with Gasteiger partial charge in [-0.2, -0.15) is 0 Å². The molecular formula is C14H15N5O3. The van der Waals surface area contributed by atoms with Crippen LogP contribution in [0.1, 0.15) is 16.9 Å². The number of aromatic nitrogens is 3. The number of nitrogens with zero attached hydrogens (tertiary/aromatic N) is 3. The highest BCUT2D eigenvalue weighted by Gasteiger charge is 2.12. The fourth-order valence-electron chi connectivity index (χ4n) is 1.69. The molecule has 2 heterocycles. The highest BCUT2D eigenvalue weighted by atomic mass is 16.4. The first-order valence-corrected chi connectivity index (χ1v) is 6.58. The Labute approximate surface area is 126 Å². The lowest BCUT2D eigenvalue weighted by atomic mass is 10.3. The molecule has 0 fully saturated rings. The number of amides is 1. The molecule has 0 saturated carbocycles. The smallest absolute Gasteiger partial charge is 0.305 e. The summed E-state index contributed by atoms with van der Waals surface area (Å²) in [5.74, 6) is -0.617. The molecule has 0 unspecified atom stereocenters. The van der Waals surface area contributed by atoms with E-state index in [4.69, 9.17) is 5.11 Å². The number of anilines is 1. The zero-order chi connectivity index (χ0) is 15.9. The lowest BCUT2D eigenvalue weighted by Crippen LogP contribution is -2.20. The van der Waals surface area contributed by atoms with Crippen LogP contribution in [-0.4, -0.2) is 45.5 Å². The van der Waals surface area contributed by atoms with Crippen molar-refractivity contribution >= 4 is 17.7 Å². The summed E-state index contributed by atoms with van der Waals surface area (Å²) in [6, 6.07) is 6.74. The first-order chi connectivity index (χ1) is 10.6. The van der Waals surface area contributed by atoms with Crippen LogP contribution < -0.4 is 10.6 Å². The molecule has 0 aliphatic carbocycles. The summed E-state index contributed by atoms with van der Waals surface area (Å²) in [6.07, 6.45) is 1.54. The molecule has 0 aromatic carbocycles. The minimum atomic E-state index is -0.918. The van der Waals surface area contributed by atoms with Gasteiger partial charge in [0.05, 0.1) is 6.42 Å². The Kier molecular flexibility index (Phi) is 4.97. The maximum Gasteiger partial charge on any atom is 0.305 e. The van der Waals surface area contributed by atoms with E-state index >= 15 is 0 Å². The van der Waals surface area contributed by atoms with Gasteiger partial charge in [-0.25, -0.2) is 9.97 Å². The van der Waals surface area contributed by atoms with Crippen LogP contribution in [0.4, 0.5) is 5.82 Å². The van der Waals surface area contributed by atoms with Gasteiger partial charge in [0.2, 0.25) is 0 Å². The van der Waals surface area contributed by atoms with Crippen LogP contribution in [0.2, 0.25) is 0 Å². The monoisotopic (exact) mass is 301 g/mol. The number of hydrogen-bond donors (Lipinski definition) is 3. The molecule has 3 N–H and O–H groups in total. The Morgan fingerprint density at radius 2 is 2.09 bits per heavy atom. The topological polar surface area (TPSA) is 117 Å². The average molecular weight is 301 g/mol. The molecule has 0 radical (unpaired) electrons. The fourth-order valence-corrected chi connectivity index (χ4v) is 1.69. The number of carbonyl (C=O) groups excluding carboxylic acids is 1. The van der Waals surface area contributed by atoms with Crippen molar-refractivity contribution in [3.8, 4) is 11.5 Å². The zero-order valence-corrected chi connectivity index (χ0v) is 11.9. The predicted molar refractivity (Wildman–Crippen MR) is 79.4 cm³/mol. The lowest BCUT2D eigenvalue weighted by molar-refractivity contribution is -0.136. The summed E-state index contributed by atoms with van der Waals surface area (Å²) in [7, 11) is 1.50. The summed E-state index contributed by atoms with van der Waals surface area (Å²) < 4.78 is 0. The second-order valence-corrected chi connectivity index (χ2v) is 4.33. The molecule has 0 bridgehead atoms. The number of aliphatic carboxylic acids is 1. The Hall–Kier alpha value is -3.03. The molecule has 0 aliphatic rings. The Balaban J connectivity index is 2.32. The molecule has 2 aromatic rings. The largest absolute Gasteiger partial charge is 0.481 e. The number of hydrogen-bond acceptors (Lipinski definition) is 6. The van der Waals surface area contributed by atoms with Crippen molar-refractivity contribution in [3.63, 3.8) is 0 Å². The number of carboxylic acid groups (broad SMARTS) is 1. The van der Waals surface area contributed by atoms with Crippen molar-refractivity contribution in [2.45, 2.75) is 6.42 Å². The van der Waals surface area contributed by atoms with E-state index < -0.39 is 5.97 Å². The summed E-state index contributed by atoms with van der Waals surface area (Å²) in [6.45, 7) is 0.196. The van der Waals surface area contributed by atoms with E-state index in [1.165, 1.54) is 13.1 Å². The van der Waals surface area contributed by atoms with Gasteiger partial charge in [0.1, 0.15) is 17.2 Å². The lowest BCUT2D eigenvalue weighted by Gasteiger charge is -2.08. The van der Waals surface area contributed by atoms with Crippen molar-refractivity contribution in [1.82, 2.24) is 20.3 Å². The molecule has 2 rings (SSSR count). The van der Waals surface area contributed by atoms with Gasteiger partial charge in [0.25, 0.3) is 5.91 Å². The zero-order valence-electron chi connectivity index (χ0n) is 11.9.